The Balaban J connectivity index is 2.12. The first-order chi connectivity index (χ1) is 10.8. The first-order valence-electron chi connectivity index (χ1n) is 7.77. The van der Waals surface area contributed by atoms with E-state index in [1.165, 1.54) is 0 Å². The molecule has 3 rings (SSSR count). The van der Waals surface area contributed by atoms with E-state index in [4.69, 9.17) is 10.6 Å². The monoisotopic (exact) mass is 298 g/mol. The molecule has 0 aliphatic carbocycles. The van der Waals surface area contributed by atoms with Gasteiger partial charge in [-0.2, -0.15) is 0 Å². The third-order valence-electron chi connectivity index (χ3n) is 3.80. The van der Waals surface area contributed by atoms with E-state index in [0.717, 1.165) is 48.5 Å². The quantitative estimate of drug-likeness (QED) is 0.862. The highest BCUT2D eigenvalue weighted by Crippen LogP contribution is 2.33. The standard InChI is InChI=1S/C17H22N4O/c1-2-12-22-16-8-4-3-6-14(16)17(20-11-9-19-13-20)15-7-5-10-21(15)18/h3-4,6,8-9,11,13H,2,5,7,10,12,18H2,1H3. The van der Waals surface area contributed by atoms with Crippen LogP contribution in [-0.4, -0.2) is 27.7 Å². The summed E-state index contributed by atoms with van der Waals surface area (Å²) in [5.74, 6) is 7.06. The van der Waals surface area contributed by atoms with Crippen molar-refractivity contribution in [1.29, 1.82) is 0 Å². The number of allylic oxidation sites excluding steroid dienone is 1. The minimum absolute atomic E-state index is 0.704. The van der Waals surface area contributed by atoms with E-state index in [1.807, 2.05) is 40.3 Å². The van der Waals surface area contributed by atoms with Crippen LogP contribution in [0.1, 0.15) is 31.7 Å². The molecule has 0 atom stereocenters. The lowest BCUT2D eigenvalue weighted by Gasteiger charge is -2.21. The van der Waals surface area contributed by atoms with Gasteiger partial charge in [-0.05, 0) is 31.4 Å². The van der Waals surface area contributed by atoms with E-state index in [1.54, 1.807) is 6.20 Å². The molecule has 1 aromatic carbocycles. The van der Waals surface area contributed by atoms with Crippen molar-refractivity contribution in [2.75, 3.05) is 13.2 Å². The summed E-state index contributed by atoms with van der Waals surface area (Å²) in [4.78, 5) is 4.19. The highest BCUT2D eigenvalue weighted by molar-refractivity contribution is 5.73. The summed E-state index contributed by atoms with van der Waals surface area (Å²) in [6, 6.07) is 8.12. The summed E-state index contributed by atoms with van der Waals surface area (Å²) in [5, 5.41) is 1.84. The van der Waals surface area contributed by atoms with E-state index in [0.29, 0.717) is 6.61 Å². The van der Waals surface area contributed by atoms with Crippen LogP contribution >= 0.6 is 0 Å². The van der Waals surface area contributed by atoms with Gasteiger partial charge >= 0.3 is 0 Å². The van der Waals surface area contributed by atoms with Crippen molar-refractivity contribution >= 4 is 5.70 Å². The first kappa shape index (κ1) is 14.7. The Morgan fingerprint density at radius 1 is 1.36 bits per heavy atom. The van der Waals surface area contributed by atoms with E-state index < -0.39 is 0 Å². The minimum Gasteiger partial charge on any atom is -0.493 e. The number of ether oxygens (including phenoxy) is 1. The molecule has 0 amide bonds. The molecule has 1 aliphatic heterocycles. The number of hydrazine groups is 1. The van der Waals surface area contributed by atoms with Crippen LogP contribution in [0.3, 0.4) is 0 Å². The average molecular weight is 298 g/mol. The molecule has 5 heteroatoms. The third-order valence-corrected chi connectivity index (χ3v) is 3.80. The second kappa shape index (κ2) is 6.66. The third kappa shape index (κ3) is 2.85. The molecule has 1 saturated heterocycles. The Bertz CT molecular complexity index is 648. The summed E-state index contributed by atoms with van der Waals surface area (Å²) < 4.78 is 7.96. The van der Waals surface area contributed by atoms with Crippen molar-refractivity contribution in [1.82, 2.24) is 14.6 Å². The lowest BCUT2D eigenvalue weighted by Crippen LogP contribution is -2.27. The van der Waals surface area contributed by atoms with Gasteiger partial charge in [0.2, 0.25) is 0 Å². The maximum absolute atomic E-state index is 6.17. The van der Waals surface area contributed by atoms with Gasteiger partial charge in [-0.1, -0.05) is 19.1 Å². The number of nitrogens with zero attached hydrogens (tertiary/aromatic N) is 3. The molecule has 2 heterocycles. The smallest absolute Gasteiger partial charge is 0.128 e. The fraction of sp³-hybridized carbons (Fsp3) is 0.353. The van der Waals surface area contributed by atoms with Crippen LogP contribution in [0.2, 0.25) is 0 Å². The maximum atomic E-state index is 6.17. The zero-order chi connectivity index (χ0) is 15.4. The molecular weight excluding hydrogens is 276 g/mol. The number of imidazole rings is 1. The molecular formula is C17H22N4O. The van der Waals surface area contributed by atoms with Gasteiger partial charge in [0.05, 0.1) is 24.3 Å². The van der Waals surface area contributed by atoms with Crippen LogP contribution in [0, 0.1) is 0 Å². The zero-order valence-electron chi connectivity index (χ0n) is 12.9. The van der Waals surface area contributed by atoms with E-state index in [9.17, 15) is 0 Å². The lowest BCUT2D eigenvalue weighted by molar-refractivity contribution is 0.316. The van der Waals surface area contributed by atoms with Crippen molar-refractivity contribution in [3.8, 4) is 5.75 Å². The van der Waals surface area contributed by atoms with Crippen LogP contribution in [0.15, 0.2) is 48.7 Å². The summed E-state index contributed by atoms with van der Waals surface area (Å²) in [5.41, 5.74) is 3.25. The minimum atomic E-state index is 0.704. The molecule has 2 N–H and O–H groups in total. The summed E-state index contributed by atoms with van der Waals surface area (Å²) in [6.07, 6.45) is 8.56. The highest BCUT2D eigenvalue weighted by atomic mass is 16.5. The highest BCUT2D eigenvalue weighted by Gasteiger charge is 2.22. The molecule has 0 spiro atoms. The molecule has 0 radical (unpaired) electrons. The van der Waals surface area contributed by atoms with Gasteiger partial charge in [0, 0.05) is 24.5 Å². The zero-order valence-corrected chi connectivity index (χ0v) is 12.9. The number of hydrogen-bond acceptors (Lipinski definition) is 4. The lowest BCUT2D eigenvalue weighted by atomic mass is 10.1. The number of hydrogen-bond donors (Lipinski definition) is 1. The Morgan fingerprint density at radius 2 is 2.23 bits per heavy atom. The Hall–Kier alpha value is -2.27. The Labute approximate surface area is 131 Å². The predicted octanol–water partition coefficient (Wildman–Crippen LogP) is 2.86. The largest absolute Gasteiger partial charge is 0.493 e. The van der Waals surface area contributed by atoms with Crippen molar-refractivity contribution in [3.05, 3.63) is 54.2 Å². The van der Waals surface area contributed by atoms with Gasteiger partial charge in [0.1, 0.15) is 5.75 Å². The Kier molecular flexibility index (Phi) is 4.44. The topological polar surface area (TPSA) is 56.3 Å². The normalized spacial score (nSPS) is 16.9. The second-order valence-corrected chi connectivity index (χ2v) is 5.41. The fourth-order valence-corrected chi connectivity index (χ4v) is 2.78. The summed E-state index contributed by atoms with van der Waals surface area (Å²) in [7, 11) is 0. The van der Waals surface area contributed by atoms with Crippen molar-refractivity contribution in [2.45, 2.75) is 26.2 Å². The maximum Gasteiger partial charge on any atom is 0.128 e. The SMILES string of the molecule is CCCOc1ccccc1C(=C1CCCN1N)n1ccnc1. The molecule has 22 heavy (non-hydrogen) atoms. The molecule has 0 bridgehead atoms. The Morgan fingerprint density at radius 3 is 2.91 bits per heavy atom. The van der Waals surface area contributed by atoms with E-state index >= 15 is 0 Å². The molecule has 116 valence electrons. The molecule has 2 aromatic rings. The summed E-state index contributed by atoms with van der Waals surface area (Å²) in [6.45, 7) is 3.69. The van der Waals surface area contributed by atoms with Crippen molar-refractivity contribution in [2.24, 2.45) is 5.84 Å². The molecule has 1 fully saturated rings. The van der Waals surface area contributed by atoms with Crippen molar-refractivity contribution < 1.29 is 4.74 Å². The fourth-order valence-electron chi connectivity index (χ4n) is 2.78. The van der Waals surface area contributed by atoms with Gasteiger partial charge in [0.25, 0.3) is 0 Å². The molecule has 0 saturated carbocycles. The van der Waals surface area contributed by atoms with Gasteiger partial charge in [-0.15, -0.1) is 0 Å². The predicted molar refractivity (Wildman–Crippen MR) is 86.9 cm³/mol. The summed E-state index contributed by atoms with van der Waals surface area (Å²) >= 11 is 0. The van der Waals surface area contributed by atoms with Crippen molar-refractivity contribution in [3.63, 3.8) is 0 Å². The van der Waals surface area contributed by atoms with Gasteiger partial charge in [-0.25, -0.2) is 10.8 Å². The van der Waals surface area contributed by atoms with Crippen LogP contribution in [-0.2, 0) is 0 Å². The number of benzene rings is 1. The van der Waals surface area contributed by atoms with Gasteiger partial charge in [-0.3, -0.25) is 0 Å². The van der Waals surface area contributed by atoms with E-state index in [-0.39, 0.29) is 0 Å². The van der Waals surface area contributed by atoms with Crippen LogP contribution in [0.5, 0.6) is 5.75 Å². The first-order valence-corrected chi connectivity index (χ1v) is 7.77. The molecule has 1 aliphatic rings. The molecule has 1 aromatic heterocycles. The number of aromatic nitrogens is 2. The van der Waals surface area contributed by atoms with Crippen LogP contribution < -0.4 is 10.6 Å². The molecule has 5 nitrogen and oxygen atoms in total. The number of para-hydroxylation sites is 1. The van der Waals surface area contributed by atoms with Gasteiger partial charge < -0.3 is 14.3 Å². The van der Waals surface area contributed by atoms with Gasteiger partial charge in [0.15, 0.2) is 0 Å². The van der Waals surface area contributed by atoms with Crippen LogP contribution in [0.25, 0.3) is 5.70 Å². The van der Waals surface area contributed by atoms with Crippen LogP contribution in [0.4, 0.5) is 0 Å². The van der Waals surface area contributed by atoms with E-state index in [2.05, 4.69) is 18.0 Å². The molecule has 0 unspecified atom stereocenters. The second-order valence-electron chi connectivity index (χ2n) is 5.41. The average Bonchev–Trinajstić information content (AvgIpc) is 3.20. The number of rotatable bonds is 5. The number of nitrogens with two attached hydrogens (primary N) is 1.